The Labute approximate surface area is 231 Å². The number of amides is 3. The molecule has 0 bridgehead atoms. The Morgan fingerprint density at radius 3 is 2.41 bits per heavy atom. The summed E-state index contributed by atoms with van der Waals surface area (Å²) in [6.07, 6.45) is 1.46. The van der Waals surface area contributed by atoms with Gasteiger partial charge in [0.05, 0.1) is 12.0 Å². The normalized spacial score (nSPS) is 14.6. The third-order valence-electron chi connectivity index (χ3n) is 5.02. The highest BCUT2D eigenvalue weighted by molar-refractivity contribution is 14.1. The van der Waals surface area contributed by atoms with E-state index in [1.54, 1.807) is 30.3 Å². The number of carbonyl (C=O) groups is 3. The Balaban J connectivity index is 1.48. The number of hydrogen-bond acceptors (Lipinski definition) is 8. The zero-order chi connectivity index (χ0) is 26.6. The second kappa shape index (κ2) is 11.4. The lowest BCUT2D eigenvalue weighted by Gasteiger charge is -2.12. The third kappa shape index (κ3) is 6.50. The molecule has 0 saturated carbocycles. The minimum Gasteiger partial charge on any atom is -0.493 e. The van der Waals surface area contributed by atoms with Gasteiger partial charge in [0.25, 0.3) is 11.1 Å². The molecule has 0 radical (unpaired) electrons. The molecule has 0 spiro atoms. The molecule has 3 aromatic rings. The van der Waals surface area contributed by atoms with E-state index < -0.39 is 33.7 Å². The van der Waals surface area contributed by atoms with Gasteiger partial charge in [0.15, 0.2) is 11.5 Å². The Hall–Kier alpha value is -3.36. The Bertz CT molecular complexity index is 1490. The first-order chi connectivity index (χ1) is 17.7. The van der Waals surface area contributed by atoms with Gasteiger partial charge >= 0.3 is 10.1 Å². The first-order valence-electron chi connectivity index (χ1n) is 10.6. The summed E-state index contributed by atoms with van der Waals surface area (Å²) < 4.78 is 36.6. The molecule has 1 saturated heterocycles. The van der Waals surface area contributed by atoms with Gasteiger partial charge < -0.3 is 14.2 Å². The van der Waals surface area contributed by atoms with Crippen LogP contribution in [-0.4, -0.2) is 44.0 Å². The second-order valence-electron chi connectivity index (χ2n) is 7.58. The molecule has 1 heterocycles. The van der Waals surface area contributed by atoms with Crippen molar-refractivity contribution in [2.75, 3.05) is 19.0 Å². The van der Waals surface area contributed by atoms with E-state index in [9.17, 15) is 22.8 Å². The van der Waals surface area contributed by atoms with Crippen molar-refractivity contribution < 1.29 is 31.7 Å². The summed E-state index contributed by atoms with van der Waals surface area (Å²) in [5.41, 5.74) is 1.02. The van der Waals surface area contributed by atoms with Gasteiger partial charge in [0, 0.05) is 9.26 Å². The molecule has 1 aliphatic rings. The quantitative estimate of drug-likeness (QED) is 0.211. The van der Waals surface area contributed by atoms with Crippen LogP contribution in [0.15, 0.2) is 82.6 Å². The van der Waals surface area contributed by atoms with Crippen LogP contribution in [0.2, 0.25) is 0 Å². The molecule has 4 rings (SSSR count). The lowest BCUT2D eigenvalue weighted by atomic mass is 10.2. The maximum Gasteiger partial charge on any atom is 0.339 e. The molecule has 1 N–H and O–H groups in total. The summed E-state index contributed by atoms with van der Waals surface area (Å²) in [7, 11) is -2.74. The van der Waals surface area contributed by atoms with Crippen molar-refractivity contribution in [1.29, 1.82) is 0 Å². The molecule has 1 aliphatic heterocycles. The number of ether oxygens (including phenoxy) is 1. The monoisotopic (exact) mass is 650 g/mol. The van der Waals surface area contributed by atoms with Crippen molar-refractivity contribution in [3.05, 3.63) is 86.8 Å². The van der Waals surface area contributed by atoms with Crippen LogP contribution >= 0.6 is 34.4 Å². The Kier molecular flexibility index (Phi) is 8.19. The summed E-state index contributed by atoms with van der Waals surface area (Å²) >= 11 is 2.84. The standard InChI is InChI=1S/C25H19IN2O7S2/c1-34-21-13-16(7-12-20(21)35-37(32,33)19-5-3-2-4-6-19)14-22-24(30)28(25(31)36-22)15-23(29)27-18-10-8-17(26)9-11-18/h2-14H,15H2,1H3,(H,27,29)/b22-14-. The first-order valence-corrected chi connectivity index (χ1v) is 13.9. The summed E-state index contributed by atoms with van der Waals surface area (Å²) in [6.45, 7) is -0.429. The van der Waals surface area contributed by atoms with E-state index in [-0.39, 0.29) is 21.3 Å². The van der Waals surface area contributed by atoms with Gasteiger partial charge in [0.2, 0.25) is 5.91 Å². The average Bonchev–Trinajstić information content (AvgIpc) is 3.14. The molecule has 3 amide bonds. The average molecular weight is 650 g/mol. The molecule has 0 atom stereocenters. The number of imide groups is 1. The fraction of sp³-hybridized carbons (Fsp3) is 0.0800. The highest BCUT2D eigenvalue weighted by atomic mass is 127. The van der Waals surface area contributed by atoms with Gasteiger partial charge in [-0.15, -0.1) is 0 Å². The van der Waals surface area contributed by atoms with E-state index in [1.807, 2.05) is 12.1 Å². The molecular weight excluding hydrogens is 631 g/mol. The molecule has 0 unspecified atom stereocenters. The topological polar surface area (TPSA) is 119 Å². The van der Waals surface area contributed by atoms with Crippen molar-refractivity contribution in [3.63, 3.8) is 0 Å². The minimum atomic E-state index is -4.08. The fourth-order valence-corrected chi connectivity index (χ4v) is 5.42. The second-order valence-corrected chi connectivity index (χ2v) is 11.4. The van der Waals surface area contributed by atoms with Gasteiger partial charge in [-0.3, -0.25) is 19.3 Å². The number of hydrogen-bond donors (Lipinski definition) is 1. The van der Waals surface area contributed by atoms with E-state index in [0.717, 1.165) is 8.47 Å². The van der Waals surface area contributed by atoms with E-state index in [1.165, 1.54) is 43.5 Å². The molecule has 37 heavy (non-hydrogen) atoms. The third-order valence-corrected chi connectivity index (χ3v) is 7.90. The molecule has 0 aliphatic carbocycles. The first kappa shape index (κ1) is 26.7. The van der Waals surface area contributed by atoms with Crippen LogP contribution in [0.3, 0.4) is 0 Å². The number of halogens is 1. The highest BCUT2D eigenvalue weighted by Crippen LogP contribution is 2.35. The lowest BCUT2D eigenvalue weighted by Crippen LogP contribution is -2.36. The number of nitrogens with one attached hydrogen (secondary N) is 1. The van der Waals surface area contributed by atoms with Crippen LogP contribution in [0.4, 0.5) is 10.5 Å². The Morgan fingerprint density at radius 1 is 1.03 bits per heavy atom. The van der Waals surface area contributed by atoms with Gasteiger partial charge in [-0.2, -0.15) is 8.42 Å². The smallest absolute Gasteiger partial charge is 0.339 e. The van der Waals surface area contributed by atoms with E-state index in [4.69, 9.17) is 8.92 Å². The molecule has 0 aromatic heterocycles. The van der Waals surface area contributed by atoms with Crippen molar-refractivity contribution in [1.82, 2.24) is 4.90 Å². The maximum absolute atomic E-state index is 12.8. The van der Waals surface area contributed by atoms with Crippen LogP contribution in [0, 0.1) is 3.57 Å². The molecule has 12 heteroatoms. The van der Waals surface area contributed by atoms with Crippen LogP contribution in [0.1, 0.15) is 5.56 Å². The number of anilines is 1. The number of methoxy groups -OCH3 is 1. The van der Waals surface area contributed by atoms with Crippen LogP contribution in [0.25, 0.3) is 6.08 Å². The largest absolute Gasteiger partial charge is 0.493 e. The maximum atomic E-state index is 12.8. The van der Waals surface area contributed by atoms with Crippen molar-refractivity contribution in [2.24, 2.45) is 0 Å². The summed E-state index contributed by atoms with van der Waals surface area (Å²) in [6, 6.07) is 19.1. The number of carbonyl (C=O) groups excluding carboxylic acids is 3. The number of benzene rings is 3. The predicted octanol–water partition coefficient (Wildman–Crippen LogP) is 4.74. The Morgan fingerprint density at radius 2 is 1.73 bits per heavy atom. The summed E-state index contributed by atoms with van der Waals surface area (Å²) in [5.74, 6) is -1.04. The molecular formula is C25H19IN2O7S2. The van der Waals surface area contributed by atoms with Gasteiger partial charge in [-0.25, -0.2) is 0 Å². The van der Waals surface area contributed by atoms with Crippen LogP contribution < -0.4 is 14.2 Å². The number of nitrogens with zero attached hydrogens (tertiary/aromatic N) is 1. The van der Waals surface area contributed by atoms with Crippen molar-refractivity contribution >= 4 is 73.3 Å². The summed E-state index contributed by atoms with van der Waals surface area (Å²) in [5, 5.41) is 2.08. The number of thioether (sulfide) groups is 1. The van der Waals surface area contributed by atoms with E-state index >= 15 is 0 Å². The minimum absolute atomic E-state index is 0.0131. The van der Waals surface area contributed by atoms with Crippen molar-refractivity contribution in [3.8, 4) is 11.5 Å². The molecule has 9 nitrogen and oxygen atoms in total. The highest BCUT2D eigenvalue weighted by Gasteiger charge is 2.36. The molecule has 1 fully saturated rings. The number of rotatable bonds is 8. The van der Waals surface area contributed by atoms with Gasteiger partial charge in [-0.1, -0.05) is 24.3 Å². The van der Waals surface area contributed by atoms with Crippen LogP contribution in [-0.2, 0) is 19.7 Å². The van der Waals surface area contributed by atoms with Crippen LogP contribution in [0.5, 0.6) is 11.5 Å². The molecule has 3 aromatic carbocycles. The van der Waals surface area contributed by atoms with Crippen molar-refractivity contribution in [2.45, 2.75) is 4.90 Å². The lowest BCUT2D eigenvalue weighted by molar-refractivity contribution is -0.127. The fourth-order valence-electron chi connectivity index (χ4n) is 3.26. The van der Waals surface area contributed by atoms with E-state index in [2.05, 4.69) is 27.9 Å². The summed E-state index contributed by atoms with van der Waals surface area (Å²) in [4.78, 5) is 38.6. The molecule has 190 valence electrons. The van der Waals surface area contributed by atoms with Gasteiger partial charge in [-0.05, 0) is 94.5 Å². The zero-order valence-electron chi connectivity index (χ0n) is 19.2. The predicted molar refractivity (Wildman–Crippen MR) is 148 cm³/mol. The van der Waals surface area contributed by atoms with Gasteiger partial charge in [0.1, 0.15) is 11.4 Å². The van der Waals surface area contributed by atoms with E-state index in [0.29, 0.717) is 23.0 Å². The SMILES string of the molecule is COc1cc(/C=C2\SC(=O)N(CC(=O)Nc3ccc(I)cc3)C2=O)ccc1OS(=O)(=O)c1ccccc1. The zero-order valence-corrected chi connectivity index (χ0v) is 23.0.